The Morgan fingerprint density at radius 2 is 1.89 bits per heavy atom. The Kier molecular flexibility index (Phi) is 3.80. The zero-order valence-electron chi connectivity index (χ0n) is 10.9. The van der Waals surface area contributed by atoms with Crippen molar-refractivity contribution in [1.29, 1.82) is 0 Å². The Balaban J connectivity index is 2.49. The van der Waals surface area contributed by atoms with Crippen molar-refractivity contribution in [2.24, 2.45) is 0 Å². The quantitative estimate of drug-likeness (QED) is 0.854. The van der Waals surface area contributed by atoms with E-state index in [1.54, 1.807) is 13.1 Å². The van der Waals surface area contributed by atoms with Crippen LogP contribution >= 0.6 is 0 Å². The Morgan fingerprint density at radius 1 is 1.16 bits per heavy atom. The van der Waals surface area contributed by atoms with Gasteiger partial charge in [-0.2, -0.15) is 0 Å². The van der Waals surface area contributed by atoms with Crippen LogP contribution in [0.4, 0.5) is 0 Å². The molecule has 19 heavy (non-hydrogen) atoms. The molecule has 0 heterocycles. The average molecular weight is 257 g/mol. The fourth-order valence-electron chi connectivity index (χ4n) is 1.89. The molecule has 0 spiro atoms. The fraction of sp³-hybridized carbons (Fsp3) is 0.200. The molecule has 0 aliphatic rings. The number of rotatable bonds is 4. The number of ether oxygens (including phenoxy) is 1. The van der Waals surface area contributed by atoms with E-state index >= 15 is 0 Å². The lowest BCUT2D eigenvalue weighted by atomic mass is 10.0. The number of carbonyl (C=O) groups is 2. The summed E-state index contributed by atoms with van der Waals surface area (Å²) in [5.74, 6) is 0.147. The van der Waals surface area contributed by atoms with Gasteiger partial charge in [-0.15, -0.1) is 0 Å². The number of fused-ring (bicyclic) bond motifs is 1. The molecule has 98 valence electrons. The molecule has 0 bridgehead atoms. The van der Waals surface area contributed by atoms with Crippen LogP contribution in [0, 0.1) is 0 Å². The fourth-order valence-corrected chi connectivity index (χ4v) is 1.89. The standard InChI is InChI=1S/C15H15NO3/c1-10(17)12-8-7-11-5-3-4-6-13(11)15(12)19-9-14(18)16-2/h3-8H,9H2,1-2H3,(H,16,18). The Labute approximate surface area is 111 Å². The van der Waals surface area contributed by atoms with E-state index in [2.05, 4.69) is 5.32 Å². The summed E-state index contributed by atoms with van der Waals surface area (Å²) in [6, 6.07) is 11.2. The van der Waals surface area contributed by atoms with Crippen LogP contribution in [0.15, 0.2) is 36.4 Å². The lowest BCUT2D eigenvalue weighted by molar-refractivity contribution is -0.122. The van der Waals surface area contributed by atoms with Crippen molar-refractivity contribution in [2.75, 3.05) is 13.7 Å². The Bertz CT molecular complexity index is 634. The number of nitrogens with one attached hydrogen (secondary N) is 1. The van der Waals surface area contributed by atoms with Gasteiger partial charge in [-0.05, 0) is 18.4 Å². The number of ketones is 1. The predicted molar refractivity (Wildman–Crippen MR) is 73.5 cm³/mol. The van der Waals surface area contributed by atoms with Crippen molar-refractivity contribution < 1.29 is 14.3 Å². The van der Waals surface area contributed by atoms with Gasteiger partial charge >= 0.3 is 0 Å². The molecule has 0 aliphatic carbocycles. The van der Waals surface area contributed by atoms with Crippen molar-refractivity contribution in [3.05, 3.63) is 42.0 Å². The number of hydrogen-bond acceptors (Lipinski definition) is 3. The third kappa shape index (κ3) is 2.73. The molecule has 2 aromatic rings. The molecule has 4 heteroatoms. The van der Waals surface area contributed by atoms with Crippen molar-refractivity contribution in [1.82, 2.24) is 5.32 Å². The minimum atomic E-state index is -0.234. The first-order chi connectivity index (χ1) is 9.13. The maximum absolute atomic E-state index is 11.6. The van der Waals surface area contributed by atoms with Gasteiger partial charge in [-0.3, -0.25) is 9.59 Å². The summed E-state index contributed by atoms with van der Waals surface area (Å²) in [6.45, 7) is 1.38. The van der Waals surface area contributed by atoms with Gasteiger partial charge in [0.2, 0.25) is 0 Å². The molecule has 1 amide bonds. The van der Waals surface area contributed by atoms with Crippen LogP contribution in [0.5, 0.6) is 5.75 Å². The van der Waals surface area contributed by atoms with Gasteiger partial charge in [0.1, 0.15) is 5.75 Å². The summed E-state index contributed by atoms with van der Waals surface area (Å²) in [4.78, 5) is 22.9. The van der Waals surface area contributed by atoms with Crippen LogP contribution in [0.25, 0.3) is 10.8 Å². The minimum absolute atomic E-state index is 0.0855. The third-order valence-corrected chi connectivity index (χ3v) is 2.89. The molecular weight excluding hydrogens is 242 g/mol. The van der Waals surface area contributed by atoms with Crippen molar-refractivity contribution in [3.63, 3.8) is 0 Å². The van der Waals surface area contributed by atoms with Crippen LogP contribution < -0.4 is 10.1 Å². The second-order valence-corrected chi connectivity index (χ2v) is 4.18. The highest BCUT2D eigenvalue weighted by Crippen LogP contribution is 2.30. The highest BCUT2D eigenvalue weighted by Gasteiger charge is 2.13. The number of amides is 1. The van der Waals surface area contributed by atoms with Crippen LogP contribution in [0.2, 0.25) is 0 Å². The van der Waals surface area contributed by atoms with Crippen molar-refractivity contribution >= 4 is 22.5 Å². The second kappa shape index (κ2) is 5.52. The molecule has 0 saturated heterocycles. The first kappa shape index (κ1) is 13.1. The average Bonchev–Trinajstić information content (AvgIpc) is 2.43. The largest absolute Gasteiger partial charge is 0.482 e. The summed E-state index contributed by atoms with van der Waals surface area (Å²) < 4.78 is 5.53. The van der Waals surface area contributed by atoms with Gasteiger partial charge in [0.05, 0.1) is 5.56 Å². The maximum atomic E-state index is 11.6. The van der Waals surface area contributed by atoms with E-state index in [1.807, 2.05) is 30.3 Å². The van der Waals surface area contributed by atoms with Gasteiger partial charge in [-0.1, -0.05) is 30.3 Å². The van der Waals surface area contributed by atoms with E-state index in [1.165, 1.54) is 6.92 Å². The number of likely N-dealkylation sites (N-methyl/N-ethyl adjacent to an activating group) is 1. The zero-order chi connectivity index (χ0) is 13.8. The van der Waals surface area contributed by atoms with E-state index in [-0.39, 0.29) is 18.3 Å². The molecule has 1 N–H and O–H groups in total. The smallest absolute Gasteiger partial charge is 0.257 e. The Morgan fingerprint density at radius 3 is 2.58 bits per heavy atom. The molecule has 4 nitrogen and oxygen atoms in total. The summed E-state index contributed by atoms with van der Waals surface area (Å²) in [5, 5.41) is 4.29. The van der Waals surface area contributed by atoms with E-state index < -0.39 is 0 Å². The van der Waals surface area contributed by atoms with E-state index in [0.717, 1.165) is 10.8 Å². The lowest BCUT2D eigenvalue weighted by Gasteiger charge is -2.12. The predicted octanol–water partition coefficient (Wildman–Crippen LogP) is 2.17. The van der Waals surface area contributed by atoms with Gasteiger partial charge in [-0.25, -0.2) is 0 Å². The molecule has 0 saturated carbocycles. The molecule has 0 atom stereocenters. The highest BCUT2D eigenvalue weighted by molar-refractivity contribution is 6.03. The van der Waals surface area contributed by atoms with E-state index in [4.69, 9.17) is 4.74 Å². The SMILES string of the molecule is CNC(=O)COc1c(C(C)=O)ccc2ccccc12. The molecular formula is C15H15NO3. The van der Waals surface area contributed by atoms with Gasteiger partial charge < -0.3 is 10.1 Å². The molecule has 0 aliphatic heterocycles. The number of benzene rings is 2. The normalized spacial score (nSPS) is 10.2. The van der Waals surface area contributed by atoms with Gasteiger partial charge in [0.25, 0.3) is 5.91 Å². The third-order valence-electron chi connectivity index (χ3n) is 2.89. The van der Waals surface area contributed by atoms with Gasteiger partial charge in [0, 0.05) is 12.4 Å². The molecule has 2 rings (SSSR count). The van der Waals surface area contributed by atoms with Crippen molar-refractivity contribution in [3.8, 4) is 5.75 Å². The summed E-state index contributed by atoms with van der Waals surface area (Å²) >= 11 is 0. The van der Waals surface area contributed by atoms with Crippen LogP contribution in [0.1, 0.15) is 17.3 Å². The molecule has 2 aromatic carbocycles. The summed E-state index contributed by atoms with van der Waals surface area (Å²) in [7, 11) is 1.54. The van der Waals surface area contributed by atoms with Crippen LogP contribution in [-0.4, -0.2) is 25.3 Å². The summed E-state index contributed by atoms with van der Waals surface area (Å²) in [5.41, 5.74) is 0.489. The first-order valence-electron chi connectivity index (χ1n) is 5.99. The van der Waals surface area contributed by atoms with Crippen LogP contribution in [-0.2, 0) is 4.79 Å². The molecule has 0 fully saturated rings. The van der Waals surface area contributed by atoms with Crippen molar-refractivity contribution in [2.45, 2.75) is 6.92 Å². The van der Waals surface area contributed by atoms with Crippen LogP contribution in [0.3, 0.4) is 0 Å². The topological polar surface area (TPSA) is 55.4 Å². The molecule has 0 aromatic heterocycles. The van der Waals surface area contributed by atoms with Gasteiger partial charge in [0.15, 0.2) is 12.4 Å². The monoisotopic (exact) mass is 257 g/mol. The first-order valence-corrected chi connectivity index (χ1v) is 5.99. The molecule has 0 radical (unpaired) electrons. The number of Topliss-reactive ketones (excluding diaryl/α,β-unsaturated/α-hetero) is 1. The van der Waals surface area contributed by atoms with E-state index in [0.29, 0.717) is 11.3 Å². The maximum Gasteiger partial charge on any atom is 0.257 e. The Hall–Kier alpha value is -2.36. The van der Waals surface area contributed by atoms with E-state index in [9.17, 15) is 9.59 Å². The summed E-state index contributed by atoms with van der Waals surface area (Å²) in [6.07, 6.45) is 0. The minimum Gasteiger partial charge on any atom is -0.482 e. The second-order valence-electron chi connectivity index (χ2n) is 4.18. The molecule has 0 unspecified atom stereocenters. The zero-order valence-corrected chi connectivity index (χ0v) is 10.9. The number of hydrogen-bond donors (Lipinski definition) is 1. The highest BCUT2D eigenvalue weighted by atomic mass is 16.5. The lowest BCUT2D eigenvalue weighted by Crippen LogP contribution is -2.25. The number of carbonyl (C=O) groups excluding carboxylic acids is 2.